The number of primary amides is 1. The second kappa shape index (κ2) is 14.2. The van der Waals surface area contributed by atoms with Gasteiger partial charge in [0.25, 0.3) is 11.8 Å². The van der Waals surface area contributed by atoms with Crippen molar-refractivity contribution in [1.82, 2.24) is 5.32 Å². The van der Waals surface area contributed by atoms with E-state index in [9.17, 15) is 19.2 Å². The van der Waals surface area contributed by atoms with E-state index in [-0.39, 0.29) is 11.6 Å². The minimum atomic E-state index is -0.546. The average Bonchev–Trinajstić information content (AvgIpc) is 2.98. The second-order valence-electron chi connectivity index (χ2n) is 9.10. The summed E-state index contributed by atoms with van der Waals surface area (Å²) in [6, 6.07) is 28.8. The van der Waals surface area contributed by atoms with Gasteiger partial charge in [0.05, 0.1) is 5.25 Å². The highest BCUT2D eigenvalue weighted by Crippen LogP contribution is 2.27. The molecular formula is C32H27ClN4O4S. The van der Waals surface area contributed by atoms with Crippen molar-refractivity contribution < 1.29 is 19.2 Å². The van der Waals surface area contributed by atoms with Crippen molar-refractivity contribution in [2.45, 2.75) is 17.1 Å². The van der Waals surface area contributed by atoms with Gasteiger partial charge in [0, 0.05) is 32.4 Å². The van der Waals surface area contributed by atoms with E-state index in [1.54, 1.807) is 110 Å². The number of benzene rings is 4. The summed E-state index contributed by atoms with van der Waals surface area (Å²) in [7, 11) is 0. The molecule has 1 atom stereocenters. The zero-order chi connectivity index (χ0) is 30.1. The molecule has 5 N–H and O–H groups in total. The molecule has 212 valence electrons. The summed E-state index contributed by atoms with van der Waals surface area (Å²) in [6.45, 7) is 1.76. The molecule has 0 heterocycles. The summed E-state index contributed by atoms with van der Waals surface area (Å²) in [6.07, 6.45) is 1.56. The van der Waals surface area contributed by atoms with Crippen LogP contribution in [0.1, 0.15) is 33.2 Å². The van der Waals surface area contributed by atoms with Gasteiger partial charge in [0.15, 0.2) is 0 Å². The van der Waals surface area contributed by atoms with Crippen molar-refractivity contribution in [2.24, 2.45) is 5.73 Å². The third kappa shape index (κ3) is 8.57. The predicted molar refractivity (Wildman–Crippen MR) is 167 cm³/mol. The lowest BCUT2D eigenvalue weighted by atomic mass is 10.1. The van der Waals surface area contributed by atoms with Crippen LogP contribution in [0.5, 0.6) is 0 Å². The molecule has 0 fully saturated rings. The number of anilines is 2. The molecule has 0 saturated carbocycles. The Morgan fingerprint density at radius 3 is 2.14 bits per heavy atom. The van der Waals surface area contributed by atoms with Crippen molar-refractivity contribution >= 4 is 64.4 Å². The number of carbonyl (C=O) groups excluding carboxylic acids is 4. The Morgan fingerprint density at radius 1 is 0.786 bits per heavy atom. The maximum absolute atomic E-state index is 13.3. The Morgan fingerprint density at radius 2 is 1.48 bits per heavy atom. The molecule has 10 heteroatoms. The van der Waals surface area contributed by atoms with Gasteiger partial charge in [-0.2, -0.15) is 0 Å². The van der Waals surface area contributed by atoms with E-state index < -0.39 is 23.0 Å². The Bertz CT molecular complexity index is 1620. The fourth-order valence-corrected chi connectivity index (χ4v) is 4.79. The number of halogens is 1. The highest BCUT2D eigenvalue weighted by molar-refractivity contribution is 8.00. The van der Waals surface area contributed by atoms with Crippen molar-refractivity contribution in [3.05, 3.63) is 131 Å². The SMILES string of the molecule is CC(Sc1cccc(NC(=O)/C(=C/c2ccc(Cl)cc2)NC(=O)c2ccccc2)c1)C(=O)Nc1ccc(C(N)=O)cc1. The van der Waals surface area contributed by atoms with Crippen LogP contribution in [-0.4, -0.2) is 28.9 Å². The summed E-state index contributed by atoms with van der Waals surface area (Å²) >= 11 is 7.30. The molecule has 0 aliphatic rings. The van der Waals surface area contributed by atoms with E-state index in [1.807, 2.05) is 6.07 Å². The van der Waals surface area contributed by atoms with E-state index in [0.29, 0.717) is 33.1 Å². The first-order valence-electron chi connectivity index (χ1n) is 12.8. The van der Waals surface area contributed by atoms with Gasteiger partial charge < -0.3 is 21.7 Å². The van der Waals surface area contributed by atoms with E-state index in [1.165, 1.54) is 11.8 Å². The molecule has 4 rings (SSSR count). The number of thioether (sulfide) groups is 1. The fourth-order valence-electron chi connectivity index (χ4n) is 3.73. The molecule has 0 aliphatic carbocycles. The van der Waals surface area contributed by atoms with Gasteiger partial charge in [-0.3, -0.25) is 19.2 Å². The predicted octanol–water partition coefficient (Wildman–Crippen LogP) is 5.97. The number of hydrogen-bond donors (Lipinski definition) is 4. The third-order valence-electron chi connectivity index (χ3n) is 5.92. The van der Waals surface area contributed by atoms with Gasteiger partial charge in [0.2, 0.25) is 11.8 Å². The maximum Gasteiger partial charge on any atom is 0.272 e. The lowest BCUT2D eigenvalue weighted by Gasteiger charge is -2.14. The molecular weight excluding hydrogens is 572 g/mol. The van der Waals surface area contributed by atoms with Gasteiger partial charge in [-0.15, -0.1) is 11.8 Å². The van der Waals surface area contributed by atoms with Gasteiger partial charge in [-0.1, -0.05) is 48.0 Å². The summed E-state index contributed by atoms with van der Waals surface area (Å²) in [5.41, 5.74) is 7.75. The Hall–Kier alpha value is -4.86. The quantitative estimate of drug-likeness (QED) is 0.132. The molecule has 0 aliphatic heterocycles. The van der Waals surface area contributed by atoms with Gasteiger partial charge in [0.1, 0.15) is 5.70 Å². The summed E-state index contributed by atoms with van der Waals surface area (Å²) in [5, 5.41) is 8.41. The molecule has 0 radical (unpaired) electrons. The lowest BCUT2D eigenvalue weighted by Crippen LogP contribution is -2.30. The van der Waals surface area contributed by atoms with E-state index in [4.69, 9.17) is 17.3 Å². The van der Waals surface area contributed by atoms with Gasteiger partial charge >= 0.3 is 0 Å². The number of nitrogens with two attached hydrogens (primary N) is 1. The zero-order valence-corrected chi connectivity index (χ0v) is 24.0. The minimum Gasteiger partial charge on any atom is -0.366 e. The number of hydrogen-bond acceptors (Lipinski definition) is 5. The normalized spacial score (nSPS) is 11.7. The molecule has 8 nitrogen and oxygen atoms in total. The van der Waals surface area contributed by atoms with Crippen LogP contribution in [0.15, 0.2) is 114 Å². The van der Waals surface area contributed by atoms with Crippen molar-refractivity contribution in [3.8, 4) is 0 Å². The van der Waals surface area contributed by atoms with Crippen LogP contribution >= 0.6 is 23.4 Å². The molecule has 4 amide bonds. The van der Waals surface area contributed by atoms with Crippen LogP contribution in [0.3, 0.4) is 0 Å². The summed E-state index contributed by atoms with van der Waals surface area (Å²) in [5.74, 6) is -1.74. The van der Waals surface area contributed by atoms with E-state index in [0.717, 1.165) is 4.90 Å². The first-order valence-corrected chi connectivity index (χ1v) is 14.1. The second-order valence-corrected chi connectivity index (χ2v) is 11.0. The Balaban J connectivity index is 1.45. The van der Waals surface area contributed by atoms with Crippen molar-refractivity contribution in [2.75, 3.05) is 10.6 Å². The van der Waals surface area contributed by atoms with E-state index >= 15 is 0 Å². The first kappa shape index (κ1) is 30.1. The number of nitrogens with one attached hydrogen (secondary N) is 3. The summed E-state index contributed by atoms with van der Waals surface area (Å²) < 4.78 is 0. The molecule has 42 heavy (non-hydrogen) atoms. The molecule has 4 aromatic carbocycles. The minimum absolute atomic E-state index is 0.0410. The van der Waals surface area contributed by atoms with Crippen molar-refractivity contribution in [1.29, 1.82) is 0 Å². The monoisotopic (exact) mass is 598 g/mol. The molecule has 0 aromatic heterocycles. The highest BCUT2D eigenvalue weighted by Gasteiger charge is 2.17. The molecule has 0 spiro atoms. The van der Waals surface area contributed by atoms with Crippen LogP contribution in [0.2, 0.25) is 5.02 Å². The molecule has 0 saturated heterocycles. The number of amides is 4. The topological polar surface area (TPSA) is 130 Å². The smallest absolute Gasteiger partial charge is 0.272 e. The van der Waals surface area contributed by atoms with E-state index in [2.05, 4.69) is 16.0 Å². The van der Waals surface area contributed by atoms with Crippen LogP contribution in [-0.2, 0) is 9.59 Å². The first-order chi connectivity index (χ1) is 20.2. The highest BCUT2D eigenvalue weighted by atomic mass is 35.5. The van der Waals surface area contributed by atoms with Crippen LogP contribution in [0.4, 0.5) is 11.4 Å². The lowest BCUT2D eigenvalue weighted by molar-refractivity contribution is -0.115. The Kier molecular flexibility index (Phi) is 10.1. The number of rotatable bonds is 10. The van der Waals surface area contributed by atoms with Crippen LogP contribution < -0.4 is 21.7 Å². The number of carbonyl (C=O) groups is 4. The molecule has 4 aromatic rings. The molecule has 1 unspecified atom stereocenters. The fraction of sp³-hybridized carbons (Fsp3) is 0.0625. The van der Waals surface area contributed by atoms with Gasteiger partial charge in [-0.05, 0) is 85.3 Å². The standard InChI is InChI=1S/C32H27ClN4O4S/c1-20(30(39)35-25-16-12-22(13-17-25)29(34)38)42-27-9-5-8-26(19-27)36-32(41)28(18-21-10-14-24(33)15-11-21)37-31(40)23-6-3-2-4-7-23/h2-20H,1H3,(H2,34,38)(H,35,39)(H,36,41)(H,37,40)/b28-18-. The summed E-state index contributed by atoms with van der Waals surface area (Å²) in [4.78, 5) is 51.0. The van der Waals surface area contributed by atoms with Gasteiger partial charge in [-0.25, -0.2) is 0 Å². The maximum atomic E-state index is 13.3. The zero-order valence-electron chi connectivity index (χ0n) is 22.5. The largest absolute Gasteiger partial charge is 0.366 e. The van der Waals surface area contributed by atoms with Crippen LogP contribution in [0.25, 0.3) is 6.08 Å². The Labute approximate surface area is 252 Å². The average molecular weight is 599 g/mol. The van der Waals surface area contributed by atoms with Crippen molar-refractivity contribution in [3.63, 3.8) is 0 Å². The van der Waals surface area contributed by atoms with Crippen LogP contribution in [0, 0.1) is 0 Å². The molecule has 0 bridgehead atoms. The third-order valence-corrected chi connectivity index (χ3v) is 7.27.